The summed E-state index contributed by atoms with van der Waals surface area (Å²) < 4.78 is 31.5. The summed E-state index contributed by atoms with van der Waals surface area (Å²) >= 11 is 3.32. The fourth-order valence-corrected chi connectivity index (χ4v) is 3.81. The molecule has 0 saturated heterocycles. The lowest BCUT2D eigenvalue weighted by molar-refractivity contribution is 0.185. The number of sulfonamides is 1. The molecule has 0 aliphatic carbocycles. The third-order valence-corrected chi connectivity index (χ3v) is 5.51. The van der Waals surface area contributed by atoms with Crippen molar-refractivity contribution < 1.29 is 13.2 Å². The Labute approximate surface area is 123 Å². The second-order valence-electron chi connectivity index (χ2n) is 4.11. The predicted molar refractivity (Wildman–Crippen MR) is 78.6 cm³/mol. The molecule has 0 aromatic heterocycles. The molecule has 0 fully saturated rings. The van der Waals surface area contributed by atoms with Crippen molar-refractivity contribution in [1.82, 2.24) is 9.62 Å². The van der Waals surface area contributed by atoms with Crippen LogP contribution in [0, 0.1) is 0 Å². The summed E-state index contributed by atoms with van der Waals surface area (Å²) in [6, 6.07) is 5.24. The first-order valence-corrected chi connectivity index (χ1v) is 8.05. The van der Waals surface area contributed by atoms with Crippen molar-refractivity contribution in [1.29, 1.82) is 0 Å². The molecule has 0 atom stereocenters. The first-order valence-electron chi connectivity index (χ1n) is 5.81. The highest BCUT2D eigenvalue weighted by Crippen LogP contribution is 2.25. The molecule has 1 rings (SSSR count). The van der Waals surface area contributed by atoms with Crippen molar-refractivity contribution in [3.05, 3.63) is 28.2 Å². The molecule has 0 heterocycles. The molecular formula is C12H19BrN2O3S. The van der Waals surface area contributed by atoms with Gasteiger partial charge in [-0.1, -0.05) is 6.07 Å². The van der Waals surface area contributed by atoms with E-state index in [4.69, 9.17) is 4.74 Å². The Kier molecular flexibility index (Phi) is 6.41. The third kappa shape index (κ3) is 4.25. The molecule has 1 N–H and O–H groups in total. The van der Waals surface area contributed by atoms with Crippen LogP contribution in [0.25, 0.3) is 0 Å². The predicted octanol–water partition coefficient (Wildman–Crippen LogP) is 1.44. The topological polar surface area (TPSA) is 58.6 Å². The van der Waals surface area contributed by atoms with Gasteiger partial charge in [-0.3, -0.25) is 0 Å². The summed E-state index contributed by atoms with van der Waals surface area (Å²) in [7, 11) is 1.45. The first kappa shape index (κ1) is 16.6. The molecule has 1 aromatic carbocycles. The van der Waals surface area contributed by atoms with Gasteiger partial charge in [0.25, 0.3) is 0 Å². The van der Waals surface area contributed by atoms with Crippen LogP contribution in [0.1, 0.15) is 5.56 Å². The van der Waals surface area contributed by atoms with E-state index in [0.29, 0.717) is 24.2 Å². The lowest BCUT2D eigenvalue weighted by atomic mass is 10.2. The normalized spacial score (nSPS) is 12.1. The lowest BCUT2D eigenvalue weighted by Gasteiger charge is -2.18. The molecule has 0 unspecified atom stereocenters. The van der Waals surface area contributed by atoms with Crippen LogP contribution in [0.2, 0.25) is 0 Å². The maximum absolute atomic E-state index is 12.4. The average molecular weight is 351 g/mol. The molecule has 0 spiro atoms. The van der Waals surface area contributed by atoms with E-state index in [1.165, 1.54) is 4.31 Å². The van der Waals surface area contributed by atoms with Crippen molar-refractivity contribution >= 4 is 26.0 Å². The van der Waals surface area contributed by atoms with Gasteiger partial charge in [0.15, 0.2) is 0 Å². The molecule has 19 heavy (non-hydrogen) atoms. The molecule has 0 amide bonds. The summed E-state index contributed by atoms with van der Waals surface area (Å²) in [5.41, 5.74) is 1.02. The lowest BCUT2D eigenvalue weighted by Crippen LogP contribution is -2.30. The van der Waals surface area contributed by atoms with E-state index in [0.717, 1.165) is 5.56 Å². The van der Waals surface area contributed by atoms with E-state index < -0.39 is 10.0 Å². The molecule has 7 heteroatoms. The molecule has 5 nitrogen and oxygen atoms in total. The highest BCUT2D eigenvalue weighted by Gasteiger charge is 2.23. The Morgan fingerprint density at radius 1 is 1.42 bits per heavy atom. The van der Waals surface area contributed by atoms with Gasteiger partial charge in [-0.25, -0.2) is 8.42 Å². The van der Waals surface area contributed by atoms with Crippen LogP contribution in [-0.4, -0.2) is 47.1 Å². The number of ether oxygens (including phenoxy) is 1. The number of nitrogens with zero attached hydrogens (tertiary/aromatic N) is 1. The van der Waals surface area contributed by atoms with Crippen molar-refractivity contribution in [3.8, 4) is 0 Å². The van der Waals surface area contributed by atoms with Crippen LogP contribution in [0.5, 0.6) is 0 Å². The largest absolute Gasteiger partial charge is 0.383 e. The van der Waals surface area contributed by atoms with Crippen LogP contribution < -0.4 is 5.32 Å². The summed E-state index contributed by atoms with van der Waals surface area (Å²) in [6.07, 6.45) is 0. The molecule has 0 aliphatic rings. The van der Waals surface area contributed by atoms with Crippen LogP contribution >= 0.6 is 15.9 Å². The highest BCUT2D eigenvalue weighted by molar-refractivity contribution is 9.10. The zero-order valence-corrected chi connectivity index (χ0v) is 13.7. The van der Waals surface area contributed by atoms with Crippen LogP contribution in [0.15, 0.2) is 27.6 Å². The Bertz CT molecular complexity index is 520. The van der Waals surface area contributed by atoms with Gasteiger partial charge in [0.1, 0.15) is 0 Å². The molecule has 0 saturated carbocycles. The molecular weight excluding hydrogens is 332 g/mol. The van der Waals surface area contributed by atoms with Crippen LogP contribution in [0.4, 0.5) is 0 Å². The zero-order chi connectivity index (χ0) is 14.5. The average Bonchev–Trinajstić information content (AvgIpc) is 2.36. The molecule has 0 bridgehead atoms. The standard InChI is InChI=1S/C12H19BrN2O3S/c1-14-9-10-4-5-12(11(13)8-10)19(16,17)15(2)6-7-18-3/h4-5,8,14H,6-7,9H2,1-3H3. The fourth-order valence-electron chi connectivity index (χ4n) is 1.58. The zero-order valence-electron chi connectivity index (χ0n) is 11.3. The van der Waals surface area contributed by atoms with Crippen molar-refractivity contribution in [2.75, 3.05) is 34.4 Å². The maximum Gasteiger partial charge on any atom is 0.244 e. The van der Waals surface area contributed by atoms with Gasteiger partial charge >= 0.3 is 0 Å². The number of halogens is 1. The maximum atomic E-state index is 12.4. The van der Waals surface area contributed by atoms with E-state index in [2.05, 4.69) is 21.2 Å². The van der Waals surface area contributed by atoms with Gasteiger partial charge in [0.2, 0.25) is 10.0 Å². The number of hydrogen-bond acceptors (Lipinski definition) is 4. The highest BCUT2D eigenvalue weighted by atomic mass is 79.9. The quantitative estimate of drug-likeness (QED) is 0.808. The van der Waals surface area contributed by atoms with Gasteiger partial charge in [-0.05, 0) is 40.7 Å². The number of likely N-dealkylation sites (N-methyl/N-ethyl adjacent to an activating group) is 1. The number of methoxy groups -OCH3 is 1. The first-order chi connectivity index (χ1) is 8.93. The molecule has 0 aliphatic heterocycles. The van der Waals surface area contributed by atoms with Crippen molar-refractivity contribution in [2.45, 2.75) is 11.4 Å². The molecule has 0 radical (unpaired) electrons. The minimum absolute atomic E-state index is 0.269. The van der Waals surface area contributed by atoms with E-state index >= 15 is 0 Å². The third-order valence-electron chi connectivity index (χ3n) is 2.68. The van der Waals surface area contributed by atoms with Gasteiger partial charge in [0.05, 0.1) is 11.5 Å². The van der Waals surface area contributed by atoms with Gasteiger partial charge in [0, 0.05) is 31.7 Å². The molecule has 1 aromatic rings. The Balaban J connectivity index is 3.01. The number of rotatable bonds is 7. The minimum atomic E-state index is -3.49. The smallest absolute Gasteiger partial charge is 0.244 e. The van der Waals surface area contributed by atoms with Gasteiger partial charge < -0.3 is 10.1 Å². The van der Waals surface area contributed by atoms with Crippen LogP contribution in [0.3, 0.4) is 0 Å². The second-order valence-corrected chi connectivity index (χ2v) is 6.98. The number of nitrogens with one attached hydrogen (secondary N) is 1. The summed E-state index contributed by atoms with van der Waals surface area (Å²) in [4.78, 5) is 0.269. The summed E-state index contributed by atoms with van der Waals surface area (Å²) in [5.74, 6) is 0. The van der Waals surface area contributed by atoms with E-state index in [1.807, 2.05) is 13.1 Å². The Morgan fingerprint density at radius 3 is 2.63 bits per heavy atom. The van der Waals surface area contributed by atoms with E-state index in [9.17, 15) is 8.42 Å². The molecule has 108 valence electrons. The monoisotopic (exact) mass is 350 g/mol. The fraction of sp³-hybridized carbons (Fsp3) is 0.500. The van der Waals surface area contributed by atoms with E-state index in [-0.39, 0.29) is 4.90 Å². The summed E-state index contributed by atoms with van der Waals surface area (Å²) in [5, 5.41) is 3.02. The number of benzene rings is 1. The second kappa shape index (κ2) is 7.35. The number of hydrogen-bond donors (Lipinski definition) is 1. The Morgan fingerprint density at radius 2 is 2.11 bits per heavy atom. The SMILES string of the molecule is CNCc1ccc(S(=O)(=O)N(C)CCOC)c(Br)c1. The van der Waals surface area contributed by atoms with Crippen LogP contribution in [-0.2, 0) is 21.3 Å². The Hall–Kier alpha value is -0.470. The van der Waals surface area contributed by atoms with E-state index in [1.54, 1.807) is 26.3 Å². The minimum Gasteiger partial charge on any atom is -0.383 e. The van der Waals surface area contributed by atoms with Gasteiger partial charge in [-0.2, -0.15) is 4.31 Å². The van der Waals surface area contributed by atoms with Gasteiger partial charge in [-0.15, -0.1) is 0 Å². The van der Waals surface area contributed by atoms with Crippen molar-refractivity contribution in [2.24, 2.45) is 0 Å². The summed E-state index contributed by atoms with van der Waals surface area (Å²) in [6.45, 7) is 1.38. The van der Waals surface area contributed by atoms with Crippen molar-refractivity contribution in [3.63, 3.8) is 0 Å².